The van der Waals surface area contributed by atoms with E-state index in [1.165, 1.54) is 19.2 Å². The van der Waals surface area contributed by atoms with Crippen LogP contribution >= 0.6 is 0 Å². The Bertz CT molecular complexity index is 856. The van der Waals surface area contributed by atoms with Gasteiger partial charge in [-0.1, -0.05) is 6.42 Å². The first-order valence-electron chi connectivity index (χ1n) is 7.87. The van der Waals surface area contributed by atoms with Gasteiger partial charge in [0.25, 0.3) is 5.56 Å². The van der Waals surface area contributed by atoms with Crippen molar-refractivity contribution in [1.82, 2.24) is 9.55 Å². The van der Waals surface area contributed by atoms with Gasteiger partial charge in [-0.05, 0) is 31.0 Å². The minimum Gasteiger partial charge on any atom is -0.466 e. The monoisotopic (exact) mass is 330 g/mol. The second kappa shape index (κ2) is 6.82. The third-order valence-corrected chi connectivity index (χ3v) is 4.10. The molecule has 0 N–H and O–H groups in total. The number of hydrogen-bond acceptors (Lipinski definition) is 6. The fraction of sp³-hybridized carbons (Fsp3) is 0.412. The van der Waals surface area contributed by atoms with Crippen molar-refractivity contribution in [2.45, 2.75) is 32.2 Å². The Morgan fingerprint density at radius 3 is 2.88 bits per heavy atom. The van der Waals surface area contributed by atoms with Crippen molar-refractivity contribution >= 4 is 22.8 Å². The van der Waals surface area contributed by atoms with Crippen molar-refractivity contribution in [2.75, 3.05) is 13.7 Å². The second-order valence-corrected chi connectivity index (χ2v) is 5.68. The van der Waals surface area contributed by atoms with E-state index in [-0.39, 0.29) is 11.1 Å². The molecule has 0 saturated heterocycles. The Hall–Kier alpha value is -2.70. The lowest BCUT2D eigenvalue weighted by Crippen LogP contribution is -2.24. The highest BCUT2D eigenvalue weighted by molar-refractivity contribution is 5.94. The summed E-state index contributed by atoms with van der Waals surface area (Å²) in [7, 11) is 1.22. The molecule has 7 nitrogen and oxygen atoms in total. The van der Waals surface area contributed by atoms with Gasteiger partial charge in [-0.2, -0.15) is 0 Å². The first-order valence-corrected chi connectivity index (χ1v) is 7.87. The Kier molecular flexibility index (Phi) is 4.59. The number of aromatic nitrogens is 2. The molecule has 1 aliphatic rings. The lowest BCUT2D eigenvalue weighted by atomic mass is 10.1. The van der Waals surface area contributed by atoms with Crippen LogP contribution in [0.15, 0.2) is 23.0 Å². The molecule has 24 heavy (non-hydrogen) atoms. The number of rotatable bonds is 3. The van der Waals surface area contributed by atoms with Crippen molar-refractivity contribution in [3.63, 3.8) is 0 Å². The summed E-state index contributed by atoms with van der Waals surface area (Å²) in [5.41, 5.74) is 0.643. The molecule has 0 bridgehead atoms. The average Bonchev–Trinajstić information content (AvgIpc) is 2.84. The molecule has 2 heterocycles. The zero-order valence-electron chi connectivity index (χ0n) is 13.4. The van der Waals surface area contributed by atoms with Crippen LogP contribution in [0.4, 0.5) is 0 Å². The molecule has 0 unspecified atom stereocenters. The van der Waals surface area contributed by atoms with E-state index < -0.39 is 18.5 Å². The minimum absolute atomic E-state index is 0.0774. The number of ether oxygens (including phenoxy) is 2. The molecular formula is C17H18N2O5. The molecule has 0 atom stereocenters. The lowest BCUT2D eigenvalue weighted by molar-refractivity contribution is -0.144. The number of methoxy groups -OCH3 is 1. The zero-order valence-corrected chi connectivity index (χ0v) is 13.4. The maximum absolute atomic E-state index is 12.6. The Morgan fingerprint density at radius 2 is 2.08 bits per heavy atom. The van der Waals surface area contributed by atoms with Crippen molar-refractivity contribution in [1.29, 1.82) is 0 Å². The lowest BCUT2D eigenvalue weighted by Gasteiger charge is -2.10. The van der Waals surface area contributed by atoms with E-state index >= 15 is 0 Å². The SMILES string of the molecule is COC(=O)COC(=O)c1ccc2c(=O)n3c(nc2c1)CCCCC3. The number of esters is 2. The van der Waals surface area contributed by atoms with Gasteiger partial charge in [0.15, 0.2) is 6.61 Å². The normalized spacial score (nSPS) is 13.9. The number of carbonyl (C=O) groups excluding carboxylic acids is 2. The molecule has 1 aliphatic heterocycles. The summed E-state index contributed by atoms with van der Waals surface area (Å²) in [6, 6.07) is 4.62. The van der Waals surface area contributed by atoms with Crippen LogP contribution in [0.5, 0.6) is 0 Å². The molecule has 7 heteroatoms. The van der Waals surface area contributed by atoms with Crippen LogP contribution in [-0.4, -0.2) is 35.2 Å². The van der Waals surface area contributed by atoms with Gasteiger partial charge in [-0.3, -0.25) is 9.36 Å². The molecule has 0 amide bonds. The number of benzene rings is 1. The molecule has 2 aromatic rings. The van der Waals surface area contributed by atoms with Crippen LogP contribution in [0.25, 0.3) is 10.9 Å². The highest BCUT2D eigenvalue weighted by Gasteiger charge is 2.16. The van der Waals surface area contributed by atoms with Crippen molar-refractivity contribution < 1.29 is 19.1 Å². The smallest absolute Gasteiger partial charge is 0.344 e. The van der Waals surface area contributed by atoms with E-state index in [1.54, 1.807) is 10.6 Å². The fourth-order valence-corrected chi connectivity index (χ4v) is 2.81. The van der Waals surface area contributed by atoms with Gasteiger partial charge >= 0.3 is 11.9 Å². The van der Waals surface area contributed by atoms with Gasteiger partial charge < -0.3 is 9.47 Å². The molecule has 0 saturated carbocycles. The molecule has 1 aromatic carbocycles. The quantitative estimate of drug-likeness (QED) is 0.792. The summed E-state index contributed by atoms with van der Waals surface area (Å²) >= 11 is 0. The maximum atomic E-state index is 12.6. The van der Waals surface area contributed by atoms with Gasteiger partial charge in [0.2, 0.25) is 0 Å². The number of carbonyl (C=O) groups is 2. The second-order valence-electron chi connectivity index (χ2n) is 5.68. The van der Waals surface area contributed by atoms with Crippen molar-refractivity contribution in [2.24, 2.45) is 0 Å². The van der Waals surface area contributed by atoms with Crippen LogP contribution in [0.2, 0.25) is 0 Å². The predicted octanol–water partition coefficient (Wildman–Crippen LogP) is 1.45. The molecule has 0 fully saturated rings. The number of hydrogen-bond donors (Lipinski definition) is 0. The van der Waals surface area contributed by atoms with Crippen LogP contribution in [0.1, 0.15) is 35.4 Å². The standard InChI is InChI=1S/C17H18N2O5/c1-23-15(20)10-24-17(22)11-6-7-12-13(9-11)18-14-5-3-2-4-8-19(14)16(12)21/h6-7,9H,2-5,8,10H2,1H3. The van der Waals surface area contributed by atoms with E-state index in [4.69, 9.17) is 4.74 Å². The topological polar surface area (TPSA) is 87.5 Å². The summed E-state index contributed by atoms with van der Waals surface area (Å²) in [6.45, 7) is 0.230. The molecule has 126 valence electrons. The van der Waals surface area contributed by atoms with Crippen LogP contribution in [0, 0.1) is 0 Å². The first kappa shape index (κ1) is 16.2. The summed E-state index contributed by atoms with van der Waals surface area (Å²) in [5, 5.41) is 0.477. The Balaban J connectivity index is 1.95. The zero-order chi connectivity index (χ0) is 17.1. The first-order chi connectivity index (χ1) is 11.6. The Morgan fingerprint density at radius 1 is 1.25 bits per heavy atom. The highest BCUT2D eigenvalue weighted by atomic mass is 16.6. The molecule has 3 rings (SSSR count). The van der Waals surface area contributed by atoms with Gasteiger partial charge in [-0.15, -0.1) is 0 Å². The predicted molar refractivity (Wildman–Crippen MR) is 85.9 cm³/mol. The minimum atomic E-state index is -0.654. The largest absolute Gasteiger partial charge is 0.466 e. The summed E-state index contributed by atoms with van der Waals surface area (Å²) in [5.74, 6) is -0.532. The average molecular weight is 330 g/mol. The number of fused-ring (bicyclic) bond motifs is 2. The molecular weight excluding hydrogens is 312 g/mol. The third-order valence-electron chi connectivity index (χ3n) is 4.10. The summed E-state index contributed by atoms with van der Waals surface area (Å²) < 4.78 is 11.0. The van der Waals surface area contributed by atoms with Gasteiger partial charge in [0, 0.05) is 13.0 Å². The van der Waals surface area contributed by atoms with Crippen molar-refractivity contribution in [3.8, 4) is 0 Å². The molecule has 0 radical (unpaired) electrons. The number of nitrogens with zero attached hydrogens (tertiary/aromatic N) is 2. The van der Waals surface area contributed by atoms with Crippen LogP contribution in [-0.2, 0) is 27.2 Å². The maximum Gasteiger partial charge on any atom is 0.344 e. The van der Waals surface area contributed by atoms with E-state index in [1.807, 2.05) is 0 Å². The third kappa shape index (κ3) is 3.15. The van der Waals surface area contributed by atoms with E-state index in [0.29, 0.717) is 17.4 Å². The highest BCUT2D eigenvalue weighted by Crippen LogP contribution is 2.16. The van der Waals surface area contributed by atoms with E-state index in [2.05, 4.69) is 9.72 Å². The van der Waals surface area contributed by atoms with Crippen molar-refractivity contribution in [3.05, 3.63) is 39.9 Å². The van der Waals surface area contributed by atoms with Gasteiger partial charge in [-0.25, -0.2) is 14.6 Å². The van der Waals surface area contributed by atoms with Gasteiger partial charge in [0.05, 0.1) is 23.6 Å². The van der Waals surface area contributed by atoms with E-state index in [9.17, 15) is 14.4 Å². The molecule has 0 spiro atoms. The van der Waals surface area contributed by atoms with Crippen LogP contribution < -0.4 is 5.56 Å². The molecule has 1 aromatic heterocycles. The molecule has 0 aliphatic carbocycles. The van der Waals surface area contributed by atoms with E-state index in [0.717, 1.165) is 31.5 Å². The Labute approximate surface area is 138 Å². The van der Waals surface area contributed by atoms with Crippen LogP contribution in [0.3, 0.4) is 0 Å². The summed E-state index contributed by atoms with van der Waals surface area (Å²) in [4.78, 5) is 40.2. The van der Waals surface area contributed by atoms with Gasteiger partial charge in [0.1, 0.15) is 5.82 Å². The fourth-order valence-electron chi connectivity index (χ4n) is 2.81. The number of aryl methyl sites for hydroxylation is 1. The summed E-state index contributed by atoms with van der Waals surface area (Å²) in [6.07, 6.45) is 3.79.